The molecule has 0 bridgehead atoms. The topological polar surface area (TPSA) is 173 Å². The maximum Gasteiger partial charge on any atom is 0.242 e. The molecule has 7 N–H and O–H groups in total. The van der Waals surface area contributed by atoms with Gasteiger partial charge in [0.1, 0.15) is 24.4 Å². The molecule has 11 heteroatoms. The summed E-state index contributed by atoms with van der Waals surface area (Å²) in [6.07, 6.45) is -4.24. The minimum Gasteiger partial charge on any atom is -0.388 e. The Balaban J connectivity index is 1.52. The standard InChI is InChI=1S/C22H30N4O7/c1-11-18(29)19(30)20(31)22(33-11)26-17(28)7-8-23-21(32)16(25-12(2)27)9-13-10-24-15-6-4-3-5-14(13)15/h3-6,10-11,16,18-20,22,24,29-31H,7-9H2,1-2H3,(H,23,32)(H,25,27)(H,26,28)/t11-,16+,18+,19+,20-,22+/m0/s1. The lowest BCUT2D eigenvalue weighted by Gasteiger charge is -2.39. The van der Waals surface area contributed by atoms with Crippen LogP contribution < -0.4 is 16.0 Å². The van der Waals surface area contributed by atoms with Crippen LogP contribution in [0.1, 0.15) is 25.8 Å². The molecule has 33 heavy (non-hydrogen) atoms. The summed E-state index contributed by atoms with van der Waals surface area (Å²) >= 11 is 0. The molecule has 0 aliphatic carbocycles. The lowest BCUT2D eigenvalue weighted by atomic mass is 9.99. The fraction of sp³-hybridized carbons (Fsp3) is 0.500. The third-order valence-electron chi connectivity index (χ3n) is 5.60. The molecular formula is C22H30N4O7. The molecule has 2 heterocycles. The molecule has 1 saturated heterocycles. The molecule has 0 saturated carbocycles. The number of nitrogens with one attached hydrogen (secondary N) is 4. The van der Waals surface area contributed by atoms with Gasteiger partial charge in [-0.1, -0.05) is 18.2 Å². The van der Waals surface area contributed by atoms with Crippen LogP contribution in [0.4, 0.5) is 0 Å². The van der Waals surface area contributed by atoms with Crippen LogP contribution in [0, 0.1) is 0 Å². The molecule has 0 unspecified atom stereocenters. The number of carbonyl (C=O) groups is 3. The number of aromatic nitrogens is 1. The minimum atomic E-state index is -1.49. The van der Waals surface area contributed by atoms with Crippen LogP contribution in [0.5, 0.6) is 0 Å². The summed E-state index contributed by atoms with van der Waals surface area (Å²) in [6.45, 7) is 2.82. The van der Waals surface area contributed by atoms with Crippen LogP contribution >= 0.6 is 0 Å². The smallest absolute Gasteiger partial charge is 0.242 e. The van der Waals surface area contributed by atoms with Crippen molar-refractivity contribution in [1.82, 2.24) is 20.9 Å². The highest BCUT2D eigenvalue weighted by molar-refractivity contribution is 5.89. The molecule has 0 radical (unpaired) electrons. The molecular weight excluding hydrogens is 432 g/mol. The quantitative estimate of drug-likeness (QED) is 0.254. The number of fused-ring (bicyclic) bond motifs is 1. The summed E-state index contributed by atoms with van der Waals surface area (Å²) in [5.41, 5.74) is 1.79. The Morgan fingerprint density at radius 3 is 2.58 bits per heavy atom. The van der Waals surface area contributed by atoms with Gasteiger partial charge in [0.15, 0.2) is 6.23 Å². The number of aromatic amines is 1. The second-order valence-corrected chi connectivity index (χ2v) is 8.16. The first kappa shape index (κ1) is 24.6. The number of carbonyl (C=O) groups excluding carboxylic acids is 3. The number of aliphatic hydroxyl groups is 3. The first-order chi connectivity index (χ1) is 15.7. The van der Waals surface area contributed by atoms with Crippen molar-refractivity contribution in [2.24, 2.45) is 0 Å². The van der Waals surface area contributed by atoms with E-state index in [1.165, 1.54) is 13.8 Å². The maximum atomic E-state index is 12.7. The Morgan fingerprint density at radius 2 is 1.85 bits per heavy atom. The van der Waals surface area contributed by atoms with E-state index in [0.717, 1.165) is 16.5 Å². The van der Waals surface area contributed by atoms with Gasteiger partial charge in [-0.25, -0.2) is 0 Å². The molecule has 3 amide bonds. The first-order valence-electron chi connectivity index (χ1n) is 10.8. The zero-order valence-electron chi connectivity index (χ0n) is 18.4. The predicted octanol–water partition coefficient (Wildman–Crippen LogP) is -1.33. The van der Waals surface area contributed by atoms with Crippen molar-refractivity contribution in [3.8, 4) is 0 Å². The highest BCUT2D eigenvalue weighted by atomic mass is 16.5. The van der Waals surface area contributed by atoms with E-state index in [4.69, 9.17) is 4.74 Å². The van der Waals surface area contributed by atoms with Gasteiger partial charge in [0.05, 0.1) is 6.10 Å². The van der Waals surface area contributed by atoms with E-state index in [2.05, 4.69) is 20.9 Å². The van der Waals surface area contributed by atoms with Gasteiger partial charge in [0.25, 0.3) is 0 Å². The molecule has 180 valence electrons. The monoisotopic (exact) mass is 462 g/mol. The fourth-order valence-corrected chi connectivity index (χ4v) is 3.80. The van der Waals surface area contributed by atoms with E-state index in [1.54, 1.807) is 6.20 Å². The summed E-state index contributed by atoms with van der Waals surface area (Å²) in [5, 5.41) is 38.2. The average molecular weight is 463 g/mol. The summed E-state index contributed by atoms with van der Waals surface area (Å²) in [4.78, 5) is 39.7. The lowest BCUT2D eigenvalue weighted by Crippen LogP contribution is -2.61. The summed E-state index contributed by atoms with van der Waals surface area (Å²) in [5.74, 6) is -1.32. The van der Waals surface area contributed by atoms with E-state index in [-0.39, 0.29) is 25.3 Å². The number of ether oxygens (including phenoxy) is 1. The van der Waals surface area contributed by atoms with Crippen LogP contribution in [0.3, 0.4) is 0 Å². The average Bonchev–Trinajstić information content (AvgIpc) is 3.18. The van der Waals surface area contributed by atoms with Gasteiger partial charge in [-0.15, -0.1) is 0 Å². The molecule has 2 aromatic rings. The van der Waals surface area contributed by atoms with Gasteiger partial charge in [-0.3, -0.25) is 14.4 Å². The summed E-state index contributed by atoms with van der Waals surface area (Å²) < 4.78 is 5.33. The number of aliphatic hydroxyl groups excluding tert-OH is 3. The summed E-state index contributed by atoms with van der Waals surface area (Å²) in [6, 6.07) is 6.79. The lowest BCUT2D eigenvalue weighted by molar-refractivity contribution is -0.224. The highest BCUT2D eigenvalue weighted by Crippen LogP contribution is 2.20. The SMILES string of the molecule is CC(=O)N[C@H](Cc1c[nH]c2ccccc12)C(=O)NCCC(=O)N[C@@H]1O[C@@H](C)[C@@H](O)[C@@H](O)[C@@H]1O. The second-order valence-electron chi connectivity index (χ2n) is 8.16. The van der Waals surface area contributed by atoms with Crippen molar-refractivity contribution in [2.75, 3.05) is 6.54 Å². The number of hydrogen-bond donors (Lipinski definition) is 7. The van der Waals surface area contributed by atoms with Gasteiger partial charge in [0, 0.05) is 43.4 Å². The Bertz CT molecular complexity index is 994. The number of hydrogen-bond acceptors (Lipinski definition) is 7. The molecule has 1 aliphatic heterocycles. The number of rotatable bonds is 8. The molecule has 6 atom stereocenters. The minimum absolute atomic E-state index is 0.0157. The molecule has 1 aromatic carbocycles. The van der Waals surface area contributed by atoms with Crippen LogP contribution in [-0.2, 0) is 25.5 Å². The van der Waals surface area contributed by atoms with Gasteiger partial charge in [0.2, 0.25) is 17.7 Å². The van der Waals surface area contributed by atoms with E-state index in [0.29, 0.717) is 0 Å². The number of amides is 3. The van der Waals surface area contributed by atoms with Crippen LogP contribution in [0.15, 0.2) is 30.5 Å². The van der Waals surface area contributed by atoms with Gasteiger partial charge in [-0.05, 0) is 18.6 Å². The van der Waals surface area contributed by atoms with E-state index < -0.39 is 48.5 Å². The van der Waals surface area contributed by atoms with Crippen molar-refractivity contribution >= 4 is 28.6 Å². The van der Waals surface area contributed by atoms with E-state index >= 15 is 0 Å². The molecule has 1 aromatic heterocycles. The second kappa shape index (κ2) is 10.8. The zero-order valence-corrected chi connectivity index (χ0v) is 18.4. The van der Waals surface area contributed by atoms with Crippen molar-refractivity contribution in [3.05, 3.63) is 36.0 Å². The number of para-hydroxylation sites is 1. The van der Waals surface area contributed by atoms with Crippen molar-refractivity contribution in [2.45, 2.75) is 63.4 Å². The highest BCUT2D eigenvalue weighted by Gasteiger charge is 2.42. The van der Waals surface area contributed by atoms with Gasteiger partial charge in [-0.2, -0.15) is 0 Å². The van der Waals surface area contributed by atoms with Crippen molar-refractivity contribution in [3.63, 3.8) is 0 Å². The maximum absolute atomic E-state index is 12.7. The molecule has 1 aliphatic rings. The Hall–Kier alpha value is -2.99. The Morgan fingerprint density at radius 1 is 1.12 bits per heavy atom. The van der Waals surface area contributed by atoms with Crippen molar-refractivity contribution in [1.29, 1.82) is 0 Å². The van der Waals surface area contributed by atoms with Crippen molar-refractivity contribution < 1.29 is 34.4 Å². The van der Waals surface area contributed by atoms with E-state index in [1.807, 2.05) is 24.3 Å². The first-order valence-corrected chi connectivity index (χ1v) is 10.8. The van der Waals surface area contributed by atoms with Crippen LogP contribution in [-0.4, -0.2) is 81.3 Å². The molecule has 0 spiro atoms. The predicted molar refractivity (Wildman–Crippen MR) is 118 cm³/mol. The molecule has 1 fully saturated rings. The van der Waals surface area contributed by atoms with E-state index in [9.17, 15) is 29.7 Å². The van der Waals surface area contributed by atoms with Crippen LogP contribution in [0.25, 0.3) is 10.9 Å². The van der Waals surface area contributed by atoms with Gasteiger partial charge < -0.3 is 41.0 Å². The zero-order chi connectivity index (χ0) is 24.1. The largest absolute Gasteiger partial charge is 0.388 e. The van der Waals surface area contributed by atoms with Gasteiger partial charge >= 0.3 is 0 Å². The number of H-pyrrole nitrogens is 1. The third-order valence-corrected chi connectivity index (χ3v) is 5.60. The molecule has 3 rings (SSSR count). The Kier molecular flexibility index (Phi) is 8.03. The van der Waals surface area contributed by atoms with Crippen LogP contribution in [0.2, 0.25) is 0 Å². The fourth-order valence-electron chi connectivity index (χ4n) is 3.80. The third kappa shape index (κ3) is 6.08. The Labute approximate surface area is 190 Å². The normalized spacial score (nSPS) is 25.9. The summed E-state index contributed by atoms with van der Waals surface area (Å²) in [7, 11) is 0. The number of benzene rings is 1. The molecule has 11 nitrogen and oxygen atoms in total.